The molecular formula is C10H19N3O3S. The molecule has 0 aromatic heterocycles. The molecule has 0 aromatic carbocycles. The van der Waals surface area contributed by atoms with E-state index in [0.29, 0.717) is 0 Å². The Morgan fingerprint density at radius 3 is 2.59 bits per heavy atom. The maximum atomic E-state index is 10.0. The first-order valence-electron chi connectivity index (χ1n) is 5.60. The summed E-state index contributed by atoms with van der Waals surface area (Å²) in [5.41, 5.74) is 5.48. The lowest BCUT2D eigenvalue weighted by atomic mass is 9.95. The molecule has 0 spiro atoms. The van der Waals surface area contributed by atoms with Gasteiger partial charge in [0, 0.05) is 20.1 Å². The van der Waals surface area contributed by atoms with Crippen molar-refractivity contribution < 1.29 is 14.9 Å². The quantitative estimate of drug-likeness (QED) is 0.550. The van der Waals surface area contributed by atoms with Gasteiger partial charge in [0.1, 0.15) is 29.8 Å². The lowest BCUT2D eigenvalue weighted by Gasteiger charge is -2.39. The van der Waals surface area contributed by atoms with E-state index >= 15 is 0 Å². The highest BCUT2D eigenvalue weighted by Gasteiger charge is 2.49. The number of hydrogen-bond acceptors (Lipinski definition) is 7. The van der Waals surface area contributed by atoms with E-state index in [1.165, 1.54) is 11.8 Å². The van der Waals surface area contributed by atoms with E-state index in [4.69, 9.17) is 10.5 Å². The highest BCUT2D eigenvalue weighted by atomic mass is 32.2. The first-order valence-corrected chi connectivity index (χ1v) is 6.48. The van der Waals surface area contributed by atoms with Crippen molar-refractivity contribution in [1.82, 2.24) is 4.90 Å². The summed E-state index contributed by atoms with van der Waals surface area (Å²) < 4.78 is 5.72. The summed E-state index contributed by atoms with van der Waals surface area (Å²) in [4.78, 5) is 6.23. The lowest BCUT2D eigenvalue weighted by molar-refractivity contribution is -0.157. The summed E-state index contributed by atoms with van der Waals surface area (Å²) in [5, 5.41) is 20.8. The van der Waals surface area contributed by atoms with Crippen LogP contribution in [0.15, 0.2) is 4.99 Å². The maximum Gasteiger partial charge on any atom is 0.161 e. The van der Waals surface area contributed by atoms with Crippen LogP contribution in [0.4, 0.5) is 0 Å². The molecule has 2 heterocycles. The van der Waals surface area contributed by atoms with Crippen molar-refractivity contribution in [2.75, 3.05) is 14.1 Å². The monoisotopic (exact) mass is 261 g/mol. The smallest absolute Gasteiger partial charge is 0.161 e. The molecule has 1 fully saturated rings. The van der Waals surface area contributed by atoms with E-state index in [9.17, 15) is 10.2 Å². The van der Waals surface area contributed by atoms with E-state index in [2.05, 4.69) is 4.99 Å². The molecule has 0 amide bonds. The number of rotatable bonds is 1. The van der Waals surface area contributed by atoms with Gasteiger partial charge < -0.3 is 25.6 Å². The molecular weight excluding hydrogens is 242 g/mol. The first kappa shape index (κ1) is 13.1. The Kier molecular flexibility index (Phi) is 3.65. The number of aliphatic imine (C=N–C) groups is 1. The van der Waals surface area contributed by atoms with Gasteiger partial charge in [-0.25, -0.2) is 0 Å². The number of ether oxygens (including phenoxy) is 1. The molecule has 2 aliphatic rings. The number of nitrogens with two attached hydrogens (primary N) is 1. The number of amidine groups is 1. The average molecular weight is 261 g/mol. The molecule has 2 rings (SSSR count). The molecule has 1 saturated heterocycles. The van der Waals surface area contributed by atoms with Crippen LogP contribution in [0.1, 0.15) is 6.92 Å². The summed E-state index contributed by atoms with van der Waals surface area (Å²) in [5.74, 6) is 0. The Morgan fingerprint density at radius 2 is 2.06 bits per heavy atom. The van der Waals surface area contributed by atoms with Crippen LogP contribution < -0.4 is 5.73 Å². The normalized spacial score (nSPS) is 42.9. The minimum Gasteiger partial charge on any atom is -0.388 e. The van der Waals surface area contributed by atoms with Gasteiger partial charge in [0.25, 0.3) is 0 Å². The van der Waals surface area contributed by atoms with E-state index in [-0.39, 0.29) is 11.5 Å². The highest BCUT2D eigenvalue weighted by Crippen LogP contribution is 2.37. The standard InChI is InChI=1S/C10H19N3O3S/c1-4(11)8-7(15)6(14)5-9(16-8)17-10(12-5)13(2)3/h4-9,14-15H,11H2,1-3H3/t4?,5-,6-,7+,8+,9-/m1/s1. The summed E-state index contributed by atoms with van der Waals surface area (Å²) in [7, 11) is 3.77. The molecule has 0 aromatic rings. The molecule has 17 heavy (non-hydrogen) atoms. The van der Waals surface area contributed by atoms with E-state index in [0.717, 1.165) is 5.17 Å². The molecule has 4 N–H and O–H groups in total. The largest absolute Gasteiger partial charge is 0.388 e. The predicted octanol–water partition coefficient (Wildman–Crippen LogP) is -1.19. The van der Waals surface area contributed by atoms with Gasteiger partial charge in [-0.1, -0.05) is 11.8 Å². The number of fused-ring (bicyclic) bond motifs is 1. The van der Waals surface area contributed by atoms with Crippen LogP contribution in [0.3, 0.4) is 0 Å². The van der Waals surface area contributed by atoms with Gasteiger partial charge in [0.05, 0.1) is 0 Å². The number of nitrogens with zero attached hydrogens (tertiary/aromatic N) is 2. The van der Waals surface area contributed by atoms with Gasteiger partial charge in [-0.2, -0.15) is 0 Å². The molecule has 1 unspecified atom stereocenters. The SMILES string of the molecule is CC(N)[C@@H]1O[C@@H]2SC(N(C)C)=N[C@@H]2[C@@H](O)[C@@H]1O. The van der Waals surface area contributed by atoms with Crippen LogP contribution in [0.2, 0.25) is 0 Å². The Labute approximate surface area is 105 Å². The van der Waals surface area contributed by atoms with Gasteiger partial charge in [0.15, 0.2) is 5.17 Å². The van der Waals surface area contributed by atoms with Crippen LogP contribution in [0.25, 0.3) is 0 Å². The molecule has 7 heteroatoms. The number of thioether (sulfide) groups is 1. The summed E-state index contributed by atoms with van der Waals surface area (Å²) in [6.45, 7) is 1.76. The van der Waals surface area contributed by atoms with Crippen molar-refractivity contribution in [3.8, 4) is 0 Å². The molecule has 0 radical (unpaired) electrons. The van der Waals surface area contributed by atoms with Crippen molar-refractivity contribution >= 4 is 16.9 Å². The number of hydrogen-bond donors (Lipinski definition) is 3. The van der Waals surface area contributed by atoms with E-state index in [1.807, 2.05) is 19.0 Å². The second-order valence-corrected chi connectivity index (χ2v) is 5.79. The third kappa shape index (κ3) is 2.30. The van der Waals surface area contributed by atoms with Crippen molar-refractivity contribution in [1.29, 1.82) is 0 Å². The van der Waals surface area contributed by atoms with Crippen LogP contribution in [-0.2, 0) is 4.74 Å². The van der Waals surface area contributed by atoms with E-state index in [1.54, 1.807) is 6.92 Å². The van der Waals surface area contributed by atoms with Gasteiger partial charge in [-0.3, -0.25) is 4.99 Å². The van der Waals surface area contributed by atoms with Crippen LogP contribution in [0, 0.1) is 0 Å². The van der Waals surface area contributed by atoms with Crippen LogP contribution in [0.5, 0.6) is 0 Å². The van der Waals surface area contributed by atoms with Crippen molar-refractivity contribution in [3.05, 3.63) is 0 Å². The lowest BCUT2D eigenvalue weighted by Crippen LogP contribution is -2.59. The first-order chi connectivity index (χ1) is 7.91. The molecule has 98 valence electrons. The van der Waals surface area contributed by atoms with E-state index < -0.39 is 24.4 Å². The summed E-state index contributed by atoms with van der Waals surface area (Å²) in [6, 6.07) is -0.744. The second kappa shape index (κ2) is 4.74. The second-order valence-electron chi connectivity index (χ2n) is 4.72. The van der Waals surface area contributed by atoms with Crippen LogP contribution >= 0.6 is 11.8 Å². The fourth-order valence-corrected chi connectivity index (χ4v) is 3.17. The number of aliphatic hydroxyl groups is 2. The Balaban J connectivity index is 2.15. The zero-order valence-electron chi connectivity index (χ0n) is 10.1. The Hall–Kier alpha value is -0.340. The zero-order valence-corrected chi connectivity index (χ0v) is 11.0. The van der Waals surface area contributed by atoms with Crippen molar-refractivity contribution in [2.45, 2.75) is 42.8 Å². The zero-order chi connectivity index (χ0) is 12.7. The Bertz CT molecular complexity index is 324. The van der Waals surface area contributed by atoms with Crippen molar-refractivity contribution in [3.63, 3.8) is 0 Å². The van der Waals surface area contributed by atoms with Crippen molar-refractivity contribution in [2.24, 2.45) is 10.7 Å². The average Bonchev–Trinajstić information content (AvgIpc) is 2.67. The maximum absolute atomic E-state index is 10.0. The fraction of sp³-hybridized carbons (Fsp3) is 0.900. The topological polar surface area (TPSA) is 91.3 Å². The van der Waals surface area contributed by atoms with Gasteiger partial charge in [-0.05, 0) is 6.92 Å². The molecule has 0 bridgehead atoms. The molecule has 0 saturated carbocycles. The minimum atomic E-state index is -0.984. The minimum absolute atomic E-state index is 0.262. The predicted molar refractivity (Wildman–Crippen MR) is 66.8 cm³/mol. The third-order valence-corrected chi connectivity index (χ3v) is 4.29. The molecule has 2 aliphatic heterocycles. The fourth-order valence-electron chi connectivity index (χ4n) is 2.03. The summed E-state index contributed by atoms with van der Waals surface area (Å²) in [6.07, 6.45) is -2.45. The Morgan fingerprint density at radius 1 is 1.41 bits per heavy atom. The van der Waals surface area contributed by atoms with Crippen LogP contribution in [-0.4, -0.2) is 70.2 Å². The molecule has 6 nitrogen and oxygen atoms in total. The molecule has 0 aliphatic carbocycles. The number of aliphatic hydroxyl groups excluding tert-OH is 2. The van der Waals surface area contributed by atoms with Gasteiger partial charge in [0.2, 0.25) is 0 Å². The highest BCUT2D eigenvalue weighted by molar-refractivity contribution is 8.14. The summed E-state index contributed by atoms with van der Waals surface area (Å²) >= 11 is 1.46. The van der Waals surface area contributed by atoms with Gasteiger partial charge >= 0.3 is 0 Å². The van der Waals surface area contributed by atoms with Gasteiger partial charge in [-0.15, -0.1) is 0 Å². The molecule has 6 atom stereocenters. The third-order valence-electron chi connectivity index (χ3n) is 2.99.